The Balaban J connectivity index is 1.35. The first-order valence-electron chi connectivity index (χ1n) is 13.9. The number of piperidine rings is 1. The fourth-order valence-corrected chi connectivity index (χ4v) is 7.98. The maximum absolute atomic E-state index is 6.52. The van der Waals surface area contributed by atoms with E-state index in [2.05, 4.69) is 46.5 Å². The highest BCUT2D eigenvalue weighted by Crippen LogP contribution is 2.38. The van der Waals surface area contributed by atoms with Crippen LogP contribution in [-0.2, 0) is 11.3 Å². The van der Waals surface area contributed by atoms with E-state index < -0.39 is 0 Å². The molecular formula is C30H44Cl2N2OS. The van der Waals surface area contributed by atoms with Crippen molar-refractivity contribution in [3.63, 3.8) is 0 Å². The molecule has 4 rings (SSSR count). The molecule has 6 heteroatoms. The zero-order valence-electron chi connectivity index (χ0n) is 22.4. The van der Waals surface area contributed by atoms with Crippen LogP contribution in [0.15, 0.2) is 35.0 Å². The highest BCUT2D eigenvalue weighted by Gasteiger charge is 2.37. The van der Waals surface area contributed by atoms with Gasteiger partial charge in [-0.15, -0.1) is 0 Å². The van der Waals surface area contributed by atoms with E-state index >= 15 is 0 Å². The zero-order valence-corrected chi connectivity index (χ0v) is 24.7. The van der Waals surface area contributed by atoms with E-state index in [4.69, 9.17) is 27.9 Å². The number of rotatable bonds is 12. The lowest BCUT2D eigenvalue weighted by Crippen LogP contribution is -2.41. The fraction of sp³-hybridized carbons (Fsp3) is 0.667. The summed E-state index contributed by atoms with van der Waals surface area (Å²) in [5.74, 6) is 2.04. The smallest absolute Gasteiger partial charge is 0.0681 e. The molecule has 3 nitrogen and oxygen atoms in total. The van der Waals surface area contributed by atoms with Crippen molar-refractivity contribution in [2.24, 2.45) is 11.8 Å². The minimum absolute atomic E-state index is 0.0925. The third kappa shape index (κ3) is 7.27. The van der Waals surface area contributed by atoms with Gasteiger partial charge < -0.3 is 9.64 Å². The Kier molecular flexibility index (Phi) is 10.6. The molecule has 0 saturated carbocycles. The standard InChI is InChI=1S/C30H44Cl2N2OS/c1-4-11-30(35-3,12-5-2)17-23-8-13-33(14-9-23)19-26-20-34(21-28(26)25-10-15-36-22-25)18-24-6-7-27(31)16-29(24)32/h6-7,10,15-16,22-23,26,28H,4-5,8-9,11-14,17-21H2,1-3H3. The van der Waals surface area contributed by atoms with Gasteiger partial charge in [0.1, 0.15) is 0 Å². The molecule has 2 fully saturated rings. The van der Waals surface area contributed by atoms with Crippen molar-refractivity contribution in [2.75, 3.05) is 39.8 Å². The Morgan fingerprint density at radius 3 is 2.39 bits per heavy atom. The van der Waals surface area contributed by atoms with Crippen LogP contribution in [0.5, 0.6) is 0 Å². The first-order chi connectivity index (χ1) is 17.4. The molecule has 2 saturated heterocycles. The summed E-state index contributed by atoms with van der Waals surface area (Å²) in [4.78, 5) is 5.34. The molecule has 2 atom stereocenters. The maximum Gasteiger partial charge on any atom is 0.0681 e. The van der Waals surface area contributed by atoms with Gasteiger partial charge in [-0.3, -0.25) is 4.90 Å². The van der Waals surface area contributed by atoms with E-state index in [0.717, 1.165) is 30.6 Å². The third-order valence-electron chi connectivity index (χ3n) is 8.60. The normalized spacial score (nSPS) is 22.5. The molecule has 36 heavy (non-hydrogen) atoms. The average Bonchev–Trinajstić information content (AvgIpc) is 3.52. The summed E-state index contributed by atoms with van der Waals surface area (Å²) in [6.45, 7) is 11.3. The van der Waals surface area contributed by atoms with Gasteiger partial charge in [-0.1, -0.05) is 56.0 Å². The summed E-state index contributed by atoms with van der Waals surface area (Å²) in [6.07, 6.45) is 8.63. The van der Waals surface area contributed by atoms with Crippen LogP contribution in [0.4, 0.5) is 0 Å². The van der Waals surface area contributed by atoms with Crippen molar-refractivity contribution in [1.82, 2.24) is 9.80 Å². The van der Waals surface area contributed by atoms with E-state index in [9.17, 15) is 0 Å². The highest BCUT2D eigenvalue weighted by molar-refractivity contribution is 7.08. The molecule has 0 radical (unpaired) electrons. The Labute approximate surface area is 233 Å². The number of hydrogen-bond acceptors (Lipinski definition) is 4. The van der Waals surface area contributed by atoms with E-state index in [1.54, 1.807) is 0 Å². The predicted molar refractivity (Wildman–Crippen MR) is 156 cm³/mol. The minimum atomic E-state index is 0.0925. The zero-order chi connectivity index (χ0) is 25.5. The number of halogens is 2. The van der Waals surface area contributed by atoms with Crippen molar-refractivity contribution >= 4 is 34.5 Å². The molecule has 0 aliphatic carbocycles. The van der Waals surface area contributed by atoms with Gasteiger partial charge in [0.15, 0.2) is 0 Å². The molecule has 200 valence electrons. The Morgan fingerprint density at radius 2 is 1.78 bits per heavy atom. The molecule has 1 aromatic heterocycles. The van der Waals surface area contributed by atoms with Gasteiger partial charge in [0.25, 0.3) is 0 Å². The first-order valence-corrected chi connectivity index (χ1v) is 15.6. The van der Waals surface area contributed by atoms with Crippen LogP contribution in [0.25, 0.3) is 0 Å². The number of thiophene rings is 1. The number of nitrogens with zero attached hydrogens (tertiary/aromatic N) is 2. The first kappa shape index (κ1) is 28.4. The minimum Gasteiger partial charge on any atom is -0.378 e. The SMILES string of the molecule is CCCC(CCC)(CC1CCN(CC2CN(Cc3ccc(Cl)cc3Cl)CC2c2ccsc2)CC1)OC. The summed E-state index contributed by atoms with van der Waals surface area (Å²) in [5.41, 5.74) is 2.77. The maximum atomic E-state index is 6.52. The molecule has 2 aromatic rings. The molecule has 0 bridgehead atoms. The fourth-order valence-electron chi connectivity index (χ4n) is 6.79. The number of benzene rings is 1. The van der Waals surface area contributed by atoms with Crippen molar-refractivity contribution in [3.05, 3.63) is 56.2 Å². The topological polar surface area (TPSA) is 15.7 Å². The molecule has 2 aliphatic heterocycles. The summed E-state index contributed by atoms with van der Waals surface area (Å²) < 4.78 is 6.15. The average molecular weight is 552 g/mol. The lowest BCUT2D eigenvalue weighted by molar-refractivity contribution is -0.0500. The van der Waals surface area contributed by atoms with Gasteiger partial charge in [-0.05, 0) is 97.1 Å². The van der Waals surface area contributed by atoms with Gasteiger partial charge in [0.05, 0.1) is 5.60 Å². The second-order valence-electron chi connectivity index (χ2n) is 11.2. The lowest BCUT2D eigenvalue weighted by atomic mass is 9.79. The van der Waals surface area contributed by atoms with Crippen LogP contribution in [0, 0.1) is 11.8 Å². The van der Waals surface area contributed by atoms with Crippen LogP contribution in [0.2, 0.25) is 10.0 Å². The van der Waals surface area contributed by atoms with Gasteiger partial charge in [-0.25, -0.2) is 0 Å². The van der Waals surface area contributed by atoms with E-state index in [0.29, 0.717) is 16.9 Å². The molecule has 1 aromatic carbocycles. The predicted octanol–water partition coefficient (Wildman–Crippen LogP) is 8.36. The van der Waals surface area contributed by atoms with Crippen LogP contribution >= 0.6 is 34.5 Å². The molecular weight excluding hydrogens is 507 g/mol. The monoisotopic (exact) mass is 550 g/mol. The van der Waals surface area contributed by atoms with E-state index in [1.807, 2.05) is 30.6 Å². The number of hydrogen-bond donors (Lipinski definition) is 0. The van der Waals surface area contributed by atoms with Crippen molar-refractivity contribution in [3.8, 4) is 0 Å². The third-order valence-corrected chi connectivity index (χ3v) is 9.89. The van der Waals surface area contributed by atoms with Crippen LogP contribution in [-0.4, -0.2) is 55.2 Å². The van der Waals surface area contributed by atoms with Gasteiger partial charge in [0, 0.05) is 49.3 Å². The van der Waals surface area contributed by atoms with Crippen LogP contribution in [0.3, 0.4) is 0 Å². The largest absolute Gasteiger partial charge is 0.378 e. The van der Waals surface area contributed by atoms with Crippen molar-refractivity contribution in [1.29, 1.82) is 0 Å². The number of ether oxygens (including phenoxy) is 1. The number of methoxy groups -OCH3 is 1. The second-order valence-corrected chi connectivity index (χ2v) is 12.8. The summed E-state index contributed by atoms with van der Waals surface area (Å²) in [5, 5.41) is 6.06. The molecule has 3 heterocycles. The summed E-state index contributed by atoms with van der Waals surface area (Å²) >= 11 is 14.5. The van der Waals surface area contributed by atoms with Crippen LogP contribution < -0.4 is 0 Å². The summed E-state index contributed by atoms with van der Waals surface area (Å²) in [7, 11) is 1.94. The Bertz CT molecular complexity index is 923. The number of likely N-dealkylation sites (tertiary alicyclic amines) is 2. The van der Waals surface area contributed by atoms with Crippen molar-refractivity contribution < 1.29 is 4.74 Å². The van der Waals surface area contributed by atoms with E-state index in [1.165, 1.54) is 75.7 Å². The quantitative estimate of drug-likeness (QED) is 0.264. The van der Waals surface area contributed by atoms with E-state index in [-0.39, 0.29) is 5.60 Å². The molecule has 2 unspecified atom stereocenters. The molecule has 0 spiro atoms. The van der Waals surface area contributed by atoms with Crippen LogP contribution in [0.1, 0.15) is 75.8 Å². The van der Waals surface area contributed by atoms with Crippen molar-refractivity contribution in [2.45, 2.75) is 76.9 Å². The Morgan fingerprint density at radius 1 is 1.03 bits per heavy atom. The van der Waals surface area contributed by atoms with Gasteiger partial charge in [-0.2, -0.15) is 11.3 Å². The van der Waals surface area contributed by atoms with Gasteiger partial charge in [0.2, 0.25) is 0 Å². The molecule has 0 amide bonds. The summed E-state index contributed by atoms with van der Waals surface area (Å²) in [6, 6.07) is 8.24. The lowest BCUT2D eigenvalue weighted by Gasteiger charge is -2.40. The highest BCUT2D eigenvalue weighted by atomic mass is 35.5. The molecule has 0 N–H and O–H groups in total. The Hall–Kier alpha value is -0.620. The van der Waals surface area contributed by atoms with Gasteiger partial charge >= 0.3 is 0 Å². The second kappa shape index (κ2) is 13.4. The molecule has 2 aliphatic rings.